The molecule has 0 aromatic carbocycles. The zero-order valence-electron chi connectivity index (χ0n) is 6.53. The number of hydrogen-bond acceptors (Lipinski definition) is 1. The van der Waals surface area contributed by atoms with Crippen LogP contribution in [0, 0.1) is 0 Å². The maximum Gasteiger partial charge on any atom is 0.422 e. The lowest BCUT2D eigenvalue weighted by molar-refractivity contribution is -0.216. The van der Waals surface area contributed by atoms with E-state index in [4.69, 9.17) is 0 Å². The Morgan fingerprint density at radius 2 is 1.58 bits per heavy atom. The van der Waals surface area contributed by atoms with Crippen molar-refractivity contribution < 1.29 is 26.7 Å². The molecule has 6 heteroatoms. The van der Waals surface area contributed by atoms with Crippen molar-refractivity contribution >= 4 is 0 Å². The van der Waals surface area contributed by atoms with E-state index in [0.717, 1.165) is 14.0 Å². The lowest BCUT2D eigenvalue weighted by Gasteiger charge is -2.22. The molecule has 0 N–H and O–H groups in total. The van der Waals surface area contributed by atoms with Gasteiger partial charge in [-0.05, 0) is 6.92 Å². The Bertz CT molecular complexity index is 132. The molecule has 3 unspecified atom stereocenters. The van der Waals surface area contributed by atoms with Crippen LogP contribution in [0.4, 0.5) is 22.0 Å². The number of rotatable bonds is 3. The highest BCUT2D eigenvalue weighted by molar-refractivity contribution is 4.80. The monoisotopic (exact) mass is 192 g/mol. The molecule has 0 rings (SSSR count). The summed E-state index contributed by atoms with van der Waals surface area (Å²) in [6.45, 7) is 0.812. The number of hydrogen-bond donors (Lipinski definition) is 0. The molecule has 0 saturated carbocycles. The minimum Gasteiger partial charge on any atom is -0.375 e. The van der Waals surface area contributed by atoms with Crippen LogP contribution in [0.1, 0.15) is 6.92 Å². The summed E-state index contributed by atoms with van der Waals surface area (Å²) >= 11 is 0. The van der Waals surface area contributed by atoms with Gasteiger partial charge in [-0.1, -0.05) is 0 Å². The number of halogens is 5. The van der Waals surface area contributed by atoms with E-state index in [1.807, 2.05) is 0 Å². The first-order chi connectivity index (χ1) is 5.30. The third kappa shape index (κ3) is 2.92. The molecule has 0 bridgehead atoms. The average molecular weight is 192 g/mol. The summed E-state index contributed by atoms with van der Waals surface area (Å²) in [6, 6.07) is 0. The molecule has 74 valence electrons. The Balaban J connectivity index is 4.32. The van der Waals surface area contributed by atoms with Crippen molar-refractivity contribution in [2.75, 3.05) is 7.11 Å². The minimum atomic E-state index is -5.07. The van der Waals surface area contributed by atoms with Gasteiger partial charge >= 0.3 is 6.18 Å². The molecule has 0 aliphatic rings. The summed E-state index contributed by atoms with van der Waals surface area (Å²) in [5.41, 5.74) is 0. The van der Waals surface area contributed by atoms with E-state index in [1.165, 1.54) is 0 Å². The topological polar surface area (TPSA) is 9.23 Å². The second-order valence-corrected chi connectivity index (χ2v) is 2.32. The first-order valence-corrected chi connectivity index (χ1v) is 3.18. The Morgan fingerprint density at radius 1 is 1.17 bits per heavy atom. The van der Waals surface area contributed by atoms with Crippen LogP contribution in [-0.4, -0.2) is 31.7 Å². The van der Waals surface area contributed by atoms with E-state index in [1.54, 1.807) is 0 Å². The summed E-state index contributed by atoms with van der Waals surface area (Å²) in [4.78, 5) is 0. The lowest BCUT2D eigenvalue weighted by atomic mass is 10.1. The third-order valence-electron chi connectivity index (χ3n) is 1.33. The molecule has 0 aliphatic carbocycles. The lowest BCUT2D eigenvalue weighted by Crippen LogP contribution is -2.42. The predicted octanol–water partition coefficient (Wildman–Crippen LogP) is 2.26. The van der Waals surface area contributed by atoms with Crippen LogP contribution < -0.4 is 0 Å². The Hall–Kier alpha value is -0.390. The molecule has 0 heterocycles. The smallest absolute Gasteiger partial charge is 0.375 e. The quantitative estimate of drug-likeness (QED) is 0.623. The van der Waals surface area contributed by atoms with Gasteiger partial charge in [0.25, 0.3) is 0 Å². The van der Waals surface area contributed by atoms with Crippen molar-refractivity contribution in [3.05, 3.63) is 0 Å². The van der Waals surface area contributed by atoms with Gasteiger partial charge in [0.05, 0.1) is 0 Å². The van der Waals surface area contributed by atoms with Crippen LogP contribution in [0.5, 0.6) is 0 Å². The highest BCUT2D eigenvalue weighted by Gasteiger charge is 2.47. The maximum atomic E-state index is 12.3. The highest BCUT2D eigenvalue weighted by atomic mass is 19.4. The van der Waals surface area contributed by atoms with Crippen LogP contribution in [0.3, 0.4) is 0 Å². The van der Waals surface area contributed by atoms with Crippen molar-refractivity contribution in [3.63, 3.8) is 0 Å². The van der Waals surface area contributed by atoms with Crippen molar-refractivity contribution in [3.8, 4) is 0 Å². The predicted molar refractivity (Wildman–Crippen MR) is 32.3 cm³/mol. The summed E-state index contributed by atoms with van der Waals surface area (Å²) in [5.74, 6) is 0. The van der Waals surface area contributed by atoms with Gasteiger partial charge in [0.15, 0.2) is 0 Å². The van der Waals surface area contributed by atoms with E-state index < -0.39 is 24.6 Å². The molecule has 0 aromatic heterocycles. The Labute approximate surface area is 66.5 Å². The third-order valence-corrected chi connectivity index (χ3v) is 1.33. The van der Waals surface area contributed by atoms with Crippen LogP contribution in [-0.2, 0) is 4.74 Å². The molecular formula is C6H9F5O. The summed E-state index contributed by atoms with van der Waals surface area (Å²) in [7, 11) is 0.832. The van der Waals surface area contributed by atoms with Gasteiger partial charge in [-0.15, -0.1) is 0 Å². The van der Waals surface area contributed by atoms with E-state index in [2.05, 4.69) is 4.74 Å². The van der Waals surface area contributed by atoms with E-state index in [9.17, 15) is 22.0 Å². The van der Waals surface area contributed by atoms with Crippen LogP contribution in [0.2, 0.25) is 0 Å². The first kappa shape index (κ1) is 11.6. The fourth-order valence-electron chi connectivity index (χ4n) is 0.726. The standard InChI is InChI=1S/C6H9F5O/c1-3(7)4(12-2)5(8)6(9,10)11/h3-5H,1-2H3. The minimum absolute atomic E-state index is 0.812. The van der Waals surface area contributed by atoms with Gasteiger partial charge in [-0.3, -0.25) is 0 Å². The molecule has 0 aromatic rings. The summed E-state index contributed by atoms with van der Waals surface area (Å²) in [6.07, 6.45) is -12.4. The van der Waals surface area contributed by atoms with E-state index >= 15 is 0 Å². The Kier molecular flexibility index (Phi) is 3.89. The molecular weight excluding hydrogens is 183 g/mol. The SMILES string of the molecule is COC(C(C)F)C(F)C(F)(F)F. The second-order valence-electron chi connectivity index (χ2n) is 2.32. The highest BCUT2D eigenvalue weighted by Crippen LogP contribution is 2.28. The molecule has 0 spiro atoms. The zero-order chi connectivity index (χ0) is 9.94. The van der Waals surface area contributed by atoms with Crippen molar-refractivity contribution in [2.24, 2.45) is 0 Å². The van der Waals surface area contributed by atoms with Crippen LogP contribution >= 0.6 is 0 Å². The normalized spacial score (nSPS) is 20.2. The molecule has 1 nitrogen and oxygen atoms in total. The summed E-state index contributed by atoms with van der Waals surface area (Å²) in [5, 5.41) is 0. The molecule has 0 fully saturated rings. The molecule has 0 radical (unpaired) electrons. The van der Waals surface area contributed by atoms with E-state index in [0.29, 0.717) is 0 Å². The molecule has 12 heavy (non-hydrogen) atoms. The van der Waals surface area contributed by atoms with Gasteiger partial charge in [-0.25, -0.2) is 8.78 Å². The fourth-order valence-corrected chi connectivity index (χ4v) is 0.726. The Morgan fingerprint density at radius 3 is 1.67 bits per heavy atom. The van der Waals surface area contributed by atoms with Crippen molar-refractivity contribution in [2.45, 2.75) is 31.5 Å². The van der Waals surface area contributed by atoms with Crippen LogP contribution in [0.15, 0.2) is 0 Å². The second kappa shape index (κ2) is 4.02. The van der Waals surface area contributed by atoms with Crippen LogP contribution in [0.25, 0.3) is 0 Å². The van der Waals surface area contributed by atoms with Gasteiger partial charge in [0.1, 0.15) is 12.3 Å². The van der Waals surface area contributed by atoms with Gasteiger partial charge < -0.3 is 4.74 Å². The molecule has 3 atom stereocenters. The molecule has 0 saturated heterocycles. The maximum absolute atomic E-state index is 12.3. The van der Waals surface area contributed by atoms with E-state index in [-0.39, 0.29) is 0 Å². The van der Waals surface area contributed by atoms with Gasteiger partial charge in [0.2, 0.25) is 6.17 Å². The molecule has 0 amide bonds. The largest absolute Gasteiger partial charge is 0.422 e. The van der Waals surface area contributed by atoms with Gasteiger partial charge in [-0.2, -0.15) is 13.2 Å². The van der Waals surface area contributed by atoms with Crippen molar-refractivity contribution in [1.29, 1.82) is 0 Å². The summed E-state index contributed by atoms with van der Waals surface area (Å²) < 4.78 is 63.5. The average Bonchev–Trinajstić information content (AvgIpc) is 1.86. The number of alkyl halides is 5. The van der Waals surface area contributed by atoms with Gasteiger partial charge in [0, 0.05) is 7.11 Å². The van der Waals surface area contributed by atoms with Crippen molar-refractivity contribution in [1.82, 2.24) is 0 Å². The molecule has 0 aliphatic heterocycles. The number of methoxy groups -OCH3 is 1. The first-order valence-electron chi connectivity index (χ1n) is 3.18. The number of ether oxygens (including phenoxy) is 1. The zero-order valence-corrected chi connectivity index (χ0v) is 6.53. The fraction of sp³-hybridized carbons (Fsp3) is 1.00.